The highest BCUT2D eigenvalue weighted by molar-refractivity contribution is 5.57. The van der Waals surface area contributed by atoms with Crippen molar-refractivity contribution in [3.63, 3.8) is 0 Å². The Labute approximate surface area is 172 Å². The Kier molecular flexibility index (Phi) is 5.59. The first kappa shape index (κ1) is 20.9. The van der Waals surface area contributed by atoms with Crippen molar-refractivity contribution in [3.05, 3.63) is 119 Å². The van der Waals surface area contributed by atoms with Gasteiger partial charge in [-0.15, -0.1) is 0 Å². The van der Waals surface area contributed by atoms with Gasteiger partial charge in [-0.05, 0) is 12.1 Å². The molecule has 0 N–H and O–H groups in total. The Bertz CT molecular complexity index is 1140. The standard InChI is InChI=1S/C18H12N5O8/c24-20(25)12-4-6-14(16(10-12)22(28)29)18(19-8-2-1-3-9-19)15-7-5-13(21(26)27)11-17(15)23(30)31/h1-11,18H/q+1. The molecule has 13 heteroatoms. The number of hydrogen-bond acceptors (Lipinski definition) is 8. The van der Waals surface area contributed by atoms with Crippen molar-refractivity contribution < 1.29 is 24.3 Å². The van der Waals surface area contributed by atoms with Gasteiger partial charge in [0.15, 0.2) is 12.4 Å². The van der Waals surface area contributed by atoms with Crippen LogP contribution in [0.1, 0.15) is 17.2 Å². The number of non-ortho nitro benzene ring substituents is 2. The Morgan fingerprint density at radius 2 is 1.03 bits per heavy atom. The summed E-state index contributed by atoms with van der Waals surface area (Å²) in [6, 6.07) is 9.59. The molecule has 0 fully saturated rings. The molecule has 2 aromatic carbocycles. The molecule has 1 heterocycles. The van der Waals surface area contributed by atoms with Crippen LogP contribution in [0.25, 0.3) is 0 Å². The van der Waals surface area contributed by atoms with Crippen molar-refractivity contribution in [2.45, 2.75) is 6.04 Å². The maximum atomic E-state index is 11.7. The summed E-state index contributed by atoms with van der Waals surface area (Å²) in [6.45, 7) is 0. The highest BCUT2D eigenvalue weighted by Crippen LogP contribution is 2.37. The van der Waals surface area contributed by atoms with E-state index in [0.29, 0.717) is 0 Å². The summed E-state index contributed by atoms with van der Waals surface area (Å²) in [7, 11) is 0. The Morgan fingerprint density at radius 3 is 1.39 bits per heavy atom. The van der Waals surface area contributed by atoms with Crippen LogP contribution in [0.3, 0.4) is 0 Å². The molecular formula is C18H12N5O8+. The number of nitro groups is 4. The molecule has 0 aliphatic carbocycles. The molecule has 3 aromatic rings. The van der Waals surface area contributed by atoms with Gasteiger partial charge >= 0.3 is 0 Å². The quantitative estimate of drug-likeness (QED) is 0.314. The van der Waals surface area contributed by atoms with Crippen LogP contribution in [-0.4, -0.2) is 19.7 Å². The van der Waals surface area contributed by atoms with Gasteiger partial charge in [0.05, 0.1) is 31.8 Å². The van der Waals surface area contributed by atoms with Gasteiger partial charge in [-0.1, -0.05) is 6.07 Å². The van der Waals surface area contributed by atoms with Gasteiger partial charge < -0.3 is 0 Å². The lowest BCUT2D eigenvalue weighted by atomic mass is 9.94. The van der Waals surface area contributed by atoms with E-state index in [4.69, 9.17) is 0 Å². The van der Waals surface area contributed by atoms with E-state index in [-0.39, 0.29) is 11.1 Å². The summed E-state index contributed by atoms with van der Waals surface area (Å²) >= 11 is 0. The molecule has 0 unspecified atom stereocenters. The molecule has 1 aromatic heterocycles. The van der Waals surface area contributed by atoms with Gasteiger partial charge in [0.2, 0.25) is 6.04 Å². The second kappa shape index (κ2) is 8.28. The summed E-state index contributed by atoms with van der Waals surface area (Å²) in [5, 5.41) is 45.5. The lowest BCUT2D eigenvalue weighted by Gasteiger charge is -2.14. The van der Waals surface area contributed by atoms with E-state index in [2.05, 4.69) is 0 Å². The zero-order valence-corrected chi connectivity index (χ0v) is 15.4. The third-order valence-corrected chi connectivity index (χ3v) is 4.47. The summed E-state index contributed by atoms with van der Waals surface area (Å²) in [4.78, 5) is 42.2. The number of rotatable bonds is 7. The van der Waals surface area contributed by atoms with Crippen molar-refractivity contribution in [1.29, 1.82) is 0 Å². The van der Waals surface area contributed by atoms with Gasteiger partial charge in [0.25, 0.3) is 22.7 Å². The first-order valence-corrected chi connectivity index (χ1v) is 8.52. The van der Waals surface area contributed by atoms with Crippen LogP contribution < -0.4 is 4.57 Å². The Morgan fingerprint density at radius 1 is 0.613 bits per heavy atom. The molecule has 0 atom stereocenters. The van der Waals surface area contributed by atoms with Gasteiger partial charge in [0.1, 0.15) is 11.1 Å². The molecule has 3 rings (SSSR count). The summed E-state index contributed by atoms with van der Waals surface area (Å²) in [5.74, 6) is 0. The first-order chi connectivity index (χ1) is 14.7. The zero-order chi connectivity index (χ0) is 22.7. The smallest absolute Gasteiger partial charge is 0.258 e. The normalized spacial score (nSPS) is 10.6. The monoisotopic (exact) mass is 426 g/mol. The molecule has 0 amide bonds. The number of benzene rings is 2. The molecule has 0 saturated heterocycles. The molecule has 0 aliphatic heterocycles. The van der Waals surface area contributed by atoms with Gasteiger partial charge in [-0.3, -0.25) is 40.5 Å². The summed E-state index contributed by atoms with van der Waals surface area (Å²) in [5.41, 5.74) is -2.42. The van der Waals surface area contributed by atoms with Gasteiger partial charge in [0, 0.05) is 24.3 Å². The van der Waals surface area contributed by atoms with Gasteiger partial charge in [-0.25, -0.2) is 0 Å². The van der Waals surface area contributed by atoms with E-state index >= 15 is 0 Å². The number of nitrogens with zero attached hydrogens (tertiary/aromatic N) is 5. The predicted molar refractivity (Wildman–Crippen MR) is 103 cm³/mol. The maximum absolute atomic E-state index is 11.7. The summed E-state index contributed by atoms with van der Waals surface area (Å²) < 4.78 is 1.43. The molecule has 13 nitrogen and oxygen atoms in total. The molecule has 0 radical (unpaired) electrons. The molecular weight excluding hydrogens is 414 g/mol. The first-order valence-electron chi connectivity index (χ1n) is 8.52. The van der Waals surface area contributed by atoms with Crippen molar-refractivity contribution in [3.8, 4) is 0 Å². The van der Waals surface area contributed by atoms with E-state index in [1.54, 1.807) is 18.2 Å². The number of pyridine rings is 1. The number of nitro benzene ring substituents is 4. The average molecular weight is 426 g/mol. The van der Waals surface area contributed by atoms with E-state index in [1.165, 1.54) is 17.0 Å². The third-order valence-electron chi connectivity index (χ3n) is 4.47. The second-order valence-corrected chi connectivity index (χ2v) is 6.24. The minimum Gasteiger partial charge on any atom is -0.258 e. The average Bonchev–Trinajstić information content (AvgIpc) is 2.74. The van der Waals surface area contributed by atoms with Gasteiger partial charge in [-0.2, -0.15) is 4.57 Å². The fraction of sp³-hybridized carbons (Fsp3) is 0.0556. The zero-order valence-electron chi connectivity index (χ0n) is 15.4. The van der Waals surface area contributed by atoms with Crippen LogP contribution in [0, 0.1) is 40.5 Å². The molecule has 0 bridgehead atoms. The van der Waals surface area contributed by atoms with Crippen LogP contribution in [0.15, 0.2) is 67.0 Å². The highest BCUT2D eigenvalue weighted by Gasteiger charge is 2.37. The Balaban J connectivity index is 2.35. The van der Waals surface area contributed by atoms with Crippen molar-refractivity contribution in [1.82, 2.24) is 0 Å². The van der Waals surface area contributed by atoms with Crippen LogP contribution in [0.4, 0.5) is 22.7 Å². The lowest BCUT2D eigenvalue weighted by molar-refractivity contribution is -0.705. The SMILES string of the molecule is O=[N+]([O-])c1ccc(C(c2ccc([N+](=O)[O-])cc2[N+](=O)[O-])[n+]2ccccc2)c([N+](=O)[O-])c1. The van der Waals surface area contributed by atoms with Crippen LogP contribution in [0.2, 0.25) is 0 Å². The number of hydrogen-bond donors (Lipinski definition) is 0. The largest absolute Gasteiger partial charge is 0.286 e. The molecule has 31 heavy (non-hydrogen) atoms. The molecule has 156 valence electrons. The minimum absolute atomic E-state index is 0.0660. The predicted octanol–water partition coefficient (Wildman–Crippen LogP) is 3.24. The van der Waals surface area contributed by atoms with Crippen LogP contribution in [-0.2, 0) is 0 Å². The fourth-order valence-electron chi connectivity index (χ4n) is 3.14. The van der Waals surface area contributed by atoms with E-state index in [9.17, 15) is 40.5 Å². The fourth-order valence-corrected chi connectivity index (χ4v) is 3.14. The minimum atomic E-state index is -1.16. The highest BCUT2D eigenvalue weighted by atomic mass is 16.6. The van der Waals surface area contributed by atoms with Crippen LogP contribution >= 0.6 is 0 Å². The molecule has 0 spiro atoms. The Hall–Kier alpha value is -4.81. The van der Waals surface area contributed by atoms with E-state index in [0.717, 1.165) is 36.4 Å². The molecule has 0 saturated carbocycles. The second-order valence-electron chi connectivity index (χ2n) is 6.24. The van der Waals surface area contributed by atoms with Crippen LogP contribution in [0.5, 0.6) is 0 Å². The summed E-state index contributed by atoms with van der Waals surface area (Å²) in [6.07, 6.45) is 3.00. The van der Waals surface area contributed by atoms with E-state index < -0.39 is 48.5 Å². The van der Waals surface area contributed by atoms with Crippen molar-refractivity contribution in [2.24, 2.45) is 0 Å². The van der Waals surface area contributed by atoms with Crippen molar-refractivity contribution in [2.75, 3.05) is 0 Å². The van der Waals surface area contributed by atoms with E-state index in [1.807, 2.05) is 0 Å². The topological polar surface area (TPSA) is 176 Å². The van der Waals surface area contributed by atoms with Crippen molar-refractivity contribution >= 4 is 22.7 Å². The maximum Gasteiger partial charge on any atom is 0.286 e. The number of aromatic nitrogens is 1. The lowest BCUT2D eigenvalue weighted by Crippen LogP contribution is -2.40. The molecule has 0 aliphatic rings. The third kappa shape index (κ3) is 4.14.